The van der Waals surface area contributed by atoms with Crippen LogP contribution in [0.15, 0.2) is 35.3 Å². The highest BCUT2D eigenvalue weighted by atomic mass is 28.4. The van der Waals surface area contributed by atoms with Gasteiger partial charge in [0, 0.05) is 38.4 Å². The Bertz CT molecular complexity index is 632. The minimum Gasteiger partial charge on any atom is -0.460 e. The molecule has 0 saturated carbocycles. The number of ether oxygens (including phenoxy) is 1. The highest BCUT2D eigenvalue weighted by molar-refractivity contribution is 6.92. The number of anilines is 1. The zero-order chi connectivity index (χ0) is 19.7. The maximum absolute atomic E-state index is 6.38. The van der Waals surface area contributed by atoms with Gasteiger partial charge in [0.2, 0.25) is 0 Å². The predicted octanol–water partition coefficient (Wildman–Crippen LogP) is 3.54. The first-order valence-electron chi connectivity index (χ1n) is 10.2. The zero-order valence-corrected chi connectivity index (χ0v) is 19.9. The average molecular weight is 405 g/mol. The highest BCUT2D eigenvalue weighted by Gasteiger charge is 2.40. The van der Waals surface area contributed by atoms with Gasteiger partial charge in [0.1, 0.15) is 22.6 Å². The number of amidine groups is 1. The van der Waals surface area contributed by atoms with Gasteiger partial charge in [-0.2, -0.15) is 0 Å². The van der Waals surface area contributed by atoms with E-state index in [1.165, 1.54) is 5.69 Å². The Morgan fingerprint density at radius 2 is 1.56 bits per heavy atom. The normalized spacial score (nSPS) is 21.8. The van der Waals surface area contributed by atoms with Crippen LogP contribution in [-0.4, -0.2) is 77.0 Å². The summed E-state index contributed by atoms with van der Waals surface area (Å²) in [4.78, 5) is 9.85. The molecule has 2 aliphatic rings. The van der Waals surface area contributed by atoms with Crippen molar-refractivity contribution >= 4 is 28.2 Å². The summed E-state index contributed by atoms with van der Waals surface area (Å²) in [5.41, 5.74) is 1.33. The van der Waals surface area contributed by atoms with Crippen LogP contribution < -0.4 is 4.90 Å². The lowest BCUT2D eigenvalue weighted by atomic mass is 10.2. The van der Waals surface area contributed by atoms with Gasteiger partial charge in [-0.3, -0.25) is 4.90 Å². The van der Waals surface area contributed by atoms with E-state index >= 15 is 0 Å². The van der Waals surface area contributed by atoms with E-state index in [9.17, 15) is 0 Å². The molecule has 2 heterocycles. The zero-order valence-electron chi connectivity index (χ0n) is 17.9. The van der Waals surface area contributed by atoms with E-state index in [1.54, 1.807) is 0 Å². The number of nitrogens with zero attached hydrogens (tertiary/aromatic N) is 4. The van der Waals surface area contributed by atoms with Crippen molar-refractivity contribution in [2.45, 2.75) is 45.4 Å². The molecule has 7 heteroatoms. The molecule has 0 bridgehead atoms. The van der Waals surface area contributed by atoms with Crippen LogP contribution >= 0.6 is 0 Å². The molecule has 150 valence electrons. The summed E-state index contributed by atoms with van der Waals surface area (Å²) in [5.74, 6) is 0. The van der Waals surface area contributed by atoms with Gasteiger partial charge < -0.3 is 13.9 Å². The van der Waals surface area contributed by atoms with Gasteiger partial charge >= 0.3 is 0 Å². The minimum atomic E-state index is -1.50. The summed E-state index contributed by atoms with van der Waals surface area (Å²) in [6.07, 6.45) is 0.207. The molecular weight excluding hydrogens is 368 g/mol. The molecule has 0 radical (unpaired) electrons. The van der Waals surface area contributed by atoms with Crippen LogP contribution in [0.2, 0.25) is 39.3 Å². The lowest BCUT2D eigenvalue weighted by molar-refractivity contribution is 0.134. The third-order valence-corrected chi connectivity index (χ3v) is 12.3. The summed E-state index contributed by atoms with van der Waals surface area (Å²) in [6, 6.07) is 11.7. The predicted molar refractivity (Wildman–Crippen MR) is 121 cm³/mol. The van der Waals surface area contributed by atoms with Crippen molar-refractivity contribution in [2.24, 2.45) is 4.99 Å². The Balaban J connectivity index is 1.51. The van der Waals surface area contributed by atoms with Crippen LogP contribution in [0.25, 0.3) is 0 Å². The van der Waals surface area contributed by atoms with Crippen LogP contribution in [0.3, 0.4) is 0 Å². The van der Waals surface area contributed by atoms with Gasteiger partial charge in [-0.1, -0.05) is 57.5 Å². The van der Waals surface area contributed by atoms with Crippen LogP contribution in [0.5, 0.6) is 0 Å². The number of rotatable bonds is 5. The third-order valence-electron chi connectivity index (χ3n) is 5.19. The molecule has 27 heavy (non-hydrogen) atoms. The van der Waals surface area contributed by atoms with Crippen LogP contribution in [-0.2, 0) is 4.74 Å². The molecule has 2 aliphatic heterocycles. The topological polar surface area (TPSA) is 31.3 Å². The van der Waals surface area contributed by atoms with Crippen LogP contribution in [0, 0.1) is 0 Å². The molecule has 5 nitrogen and oxygen atoms in total. The van der Waals surface area contributed by atoms with Gasteiger partial charge in [0.05, 0.1) is 6.54 Å². The van der Waals surface area contributed by atoms with Gasteiger partial charge in [-0.15, -0.1) is 0 Å². The summed E-state index contributed by atoms with van der Waals surface area (Å²) in [5, 5.41) is 0. The molecule has 0 aromatic heterocycles. The number of aliphatic imine (C=N–C) groups is 1. The van der Waals surface area contributed by atoms with Crippen molar-refractivity contribution in [1.29, 1.82) is 0 Å². The Morgan fingerprint density at radius 3 is 2.11 bits per heavy atom. The van der Waals surface area contributed by atoms with E-state index in [-0.39, 0.29) is 6.10 Å². The molecule has 1 fully saturated rings. The lowest BCUT2D eigenvalue weighted by Gasteiger charge is -2.44. The second-order valence-electron chi connectivity index (χ2n) is 9.66. The second kappa shape index (κ2) is 7.97. The Kier molecular flexibility index (Phi) is 6.03. The molecule has 0 amide bonds. The monoisotopic (exact) mass is 404 g/mol. The minimum absolute atomic E-state index is 0.207. The van der Waals surface area contributed by atoms with E-state index < -0.39 is 16.5 Å². The number of benzene rings is 1. The summed E-state index contributed by atoms with van der Waals surface area (Å²) in [7, 11) is -2.99. The maximum Gasteiger partial charge on any atom is 0.271 e. The standard InChI is InChI=1S/C20H36N4OSi2/c1-26(2,3)24(27(4,5)6)20-21-16-19(25-20)17-22-12-14-23(15-13-22)18-10-8-7-9-11-18/h7-11,19H,12-17H2,1-6H3. The summed E-state index contributed by atoms with van der Waals surface area (Å²) < 4.78 is 8.97. The van der Waals surface area contributed by atoms with Crippen LogP contribution in [0.1, 0.15) is 0 Å². The lowest BCUT2D eigenvalue weighted by Crippen LogP contribution is -2.62. The molecular formula is C20H36N4OSi2. The number of hydrogen-bond acceptors (Lipinski definition) is 5. The van der Waals surface area contributed by atoms with Crippen molar-refractivity contribution < 1.29 is 4.74 Å². The fourth-order valence-corrected chi connectivity index (χ4v) is 13.8. The first kappa shape index (κ1) is 20.4. The SMILES string of the molecule is C[Si](C)(C)N(C1=NCC(CN2CCN(c3ccccc3)CC2)O1)[Si](C)(C)C. The van der Waals surface area contributed by atoms with Gasteiger partial charge in [-0.25, -0.2) is 4.99 Å². The van der Waals surface area contributed by atoms with Crippen molar-refractivity contribution in [1.82, 2.24) is 9.13 Å². The molecule has 1 saturated heterocycles. The van der Waals surface area contributed by atoms with Crippen molar-refractivity contribution in [3.8, 4) is 0 Å². The first-order valence-corrected chi connectivity index (χ1v) is 17.1. The van der Waals surface area contributed by atoms with Gasteiger partial charge in [-0.05, 0) is 12.1 Å². The number of piperazine rings is 1. The van der Waals surface area contributed by atoms with Crippen molar-refractivity contribution in [3.63, 3.8) is 0 Å². The van der Waals surface area contributed by atoms with E-state index in [1.807, 2.05) is 0 Å². The van der Waals surface area contributed by atoms with E-state index in [4.69, 9.17) is 9.73 Å². The van der Waals surface area contributed by atoms with Crippen molar-refractivity contribution in [3.05, 3.63) is 30.3 Å². The van der Waals surface area contributed by atoms with Gasteiger partial charge in [0.25, 0.3) is 6.02 Å². The molecule has 0 N–H and O–H groups in total. The summed E-state index contributed by atoms with van der Waals surface area (Å²) in [6.45, 7) is 20.5. The molecule has 1 atom stereocenters. The largest absolute Gasteiger partial charge is 0.460 e. The van der Waals surface area contributed by atoms with E-state index in [0.29, 0.717) is 0 Å². The number of para-hydroxylation sites is 1. The highest BCUT2D eigenvalue weighted by Crippen LogP contribution is 2.24. The average Bonchev–Trinajstić information content (AvgIpc) is 3.01. The Hall–Kier alpha value is -1.32. The fourth-order valence-electron chi connectivity index (χ4n) is 4.32. The smallest absolute Gasteiger partial charge is 0.271 e. The molecule has 3 rings (SSSR count). The summed E-state index contributed by atoms with van der Waals surface area (Å²) >= 11 is 0. The van der Waals surface area contributed by atoms with Gasteiger partial charge in [0.15, 0.2) is 0 Å². The fraction of sp³-hybridized carbons (Fsp3) is 0.650. The Labute approximate surface area is 167 Å². The molecule has 1 aromatic carbocycles. The van der Waals surface area contributed by atoms with E-state index in [2.05, 4.69) is 83.6 Å². The molecule has 0 spiro atoms. The van der Waals surface area contributed by atoms with Crippen molar-refractivity contribution in [2.75, 3.05) is 44.2 Å². The maximum atomic E-state index is 6.38. The quantitative estimate of drug-likeness (QED) is 0.703. The Morgan fingerprint density at radius 1 is 0.963 bits per heavy atom. The third kappa shape index (κ3) is 5.15. The number of hydrogen-bond donors (Lipinski definition) is 0. The first-order chi connectivity index (χ1) is 12.6. The van der Waals surface area contributed by atoms with E-state index in [0.717, 1.165) is 45.3 Å². The molecule has 1 aromatic rings. The second-order valence-corrected chi connectivity index (χ2v) is 19.7. The molecule has 1 unspecified atom stereocenters. The molecule has 0 aliphatic carbocycles. The van der Waals surface area contributed by atoms with Crippen LogP contribution in [0.4, 0.5) is 5.69 Å².